The van der Waals surface area contributed by atoms with Crippen LogP contribution in [0.2, 0.25) is 0 Å². The van der Waals surface area contributed by atoms with Crippen LogP contribution in [0.5, 0.6) is 5.75 Å². The summed E-state index contributed by atoms with van der Waals surface area (Å²) in [5.41, 5.74) is 4.54. The maximum absolute atomic E-state index is 13.9. The maximum Gasteiger partial charge on any atom is 0.258 e. The van der Waals surface area contributed by atoms with Crippen molar-refractivity contribution in [3.63, 3.8) is 0 Å². The Morgan fingerprint density at radius 3 is 2.56 bits per heavy atom. The van der Waals surface area contributed by atoms with Crippen molar-refractivity contribution >= 4 is 34.5 Å². The number of rotatable bonds is 10. The molecule has 0 bridgehead atoms. The number of hydrogen-bond donors (Lipinski definition) is 2. The summed E-state index contributed by atoms with van der Waals surface area (Å²) < 4.78 is 6.36. The standard InChI is InChI=1S/C37H42N4O3S/c1-38-29-17-22-40(23-18-29)20-9-24-44-34-26-28(37(43)41-21-8-7-14-35-33(41)19-25-45-35)15-16-32(34)39-36(42)31-13-6-5-12-30(31)27-10-3-2-4-11-27/h2-6,10-13,15-16,19,25-26,29,38H,7-9,14,17-18,20-24H2,1H3,(H,39,42). The van der Waals surface area contributed by atoms with Crippen LogP contribution in [0.4, 0.5) is 11.4 Å². The van der Waals surface area contributed by atoms with E-state index in [-0.39, 0.29) is 11.8 Å². The van der Waals surface area contributed by atoms with E-state index in [1.54, 1.807) is 29.5 Å². The Bertz CT molecular complexity index is 1600. The number of thiophene rings is 1. The normalized spacial score (nSPS) is 15.7. The van der Waals surface area contributed by atoms with Gasteiger partial charge in [0.1, 0.15) is 5.75 Å². The SMILES string of the molecule is CNC1CCN(CCCOc2cc(C(=O)N3CCCCc4sccc43)ccc2NC(=O)c2ccccc2-c2ccccc2)CC1. The predicted octanol–water partition coefficient (Wildman–Crippen LogP) is 7.10. The average molecular weight is 623 g/mol. The van der Waals surface area contributed by atoms with Crippen LogP contribution in [0, 0.1) is 0 Å². The smallest absolute Gasteiger partial charge is 0.258 e. The topological polar surface area (TPSA) is 73.9 Å². The molecule has 3 heterocycles. The number of aryl methyl sites for hydroxylation is 1. The van der Waals surface area contributed by atoms with Crippen LogP contribution in [-0.4, -0.2) is 62.6 Å². The van der Waals surface area contributed by atoms with Gasteiger partial charge in [0.15, 0.2) is 0 Å². The molecule has 0 saturated carbocycles. The van der Waals surface area contributed by atoms with E-state index in [0.717, 1.165) is 75.0 Å². The summed E-state index contributed by atoms with van der Waals surface area (Å²) in [5.74, 6) is 0.253. The van der Waals surface area contributed by atoms with Crippen molar-refractivity contribution in [2.24, 2.45) is 0 Å². The van der Waals surface area contributed by atoms with Gasteiger partial charge < -0.3 is 25.2 Å². The van der Waals surface area contributed by atoms with Crippen molar-refractivity contribution in [3.8, 4) is 16.9 Å². The Balaban J connectivity index is 1.22. The molecule has 1 fully saturated rings. The highest BCUT2D eigenvalue weighted by molar-refractivity contribution is 7.10. The third-order valence-corrected chi connectivity index (χ3v) is 9.87. The monoisotopic (exact) mass is 622 g/mol. The lowest BCUT2D eigenvalue weighted by Crippen LogP contribution is -2.41. The number of likely N-dealkylation sites (tertiary alicyclic amines) is 1. The van der Waals surface area contributed by atoms with Crippen LogP contribution in [-0.2, 0) is 6.42 Å². The molecule has 234 valence electrons. The molecule has 8 heteroatoms. The van der Waals surface area contributed by atoms with E-state index in [2.05, 4.69) is 27.0 Å². The van der Waals surface area contributed by atoms with Gasteiger partial charge >= 0.3 is 0 Å². The van der Waals surface area contributed by atoms with Gasteiger partial charge in [-0.05, 0) is 106 Å². The molecule has 7 nitrogen and oxygen atoms in total. The minimum absolute atomic E-state index is 0.0406. The number of hydrogen-bond acceptors (Lipinski definition) is 6. The molecule has 0 unspecified atom stereocenters. The number of carbonyl (C=O) groups excluding carboxylic acids is 2. The summed E-state index contributed by atoms with van der Waals surface area (Å²) in [6, 6.07) is 25.6. The minimum atomic E-state index is -0.221. The summed E-state index contributed by atoms with van der Waals surface area (Å²) in [5, 5.41) is 8.56. The Morgan fingerprint density at radius 1 is 0.933 bits per heavy atom. The van der Waals surface area contributed by atoms with Crippen molar-refractivity contribution in [2.75, 3.05) is 50.1 Å². The van der Waals surface area contributed by atoms with Gasteiger partial charge in [0, 0.05) is 35.1 Å². The van der Waals surface area contributed by atoms with Gasteiger partial charge in [-0.2, -0.15) is 0 Å². The molecule has 0 spiro atoms. The van der Waals surface area contributed by atoms with Gasteiger partial charge in [0.25, 0.3) is 11.8 Å². The summed E-state index contributed by atoms with van der Waals surface area (Å²) in [6.07, 6.45) is 6.23. The predicted molar refractivity (Wildman–Crippen MR) is 184 cm³/mol. The fraction of sp³-hybridized carbons (Fsp3) is 0.351. The third kappa shape index (κ3) is 7.47. The largest absolute Gasteiger partial charge is 0.491 e. The van der Waals surface area contributed by atoms with Gasteiger partial charge in [-0.3, -0.25) is 9.59 Å². The summed E-state index contributed by atoms with van der Waals surface area (Å²) in [6.45, 7) is 4.30. The first-order chi connectivity index (χ1) is 22.1. The molecule has 1 saturated heterocycles. The summed E-state index contributed by atoms with van der Waals surface area (Å²) in [4.78, 5) is 33.2. The van der Waals surface area contributed by atoms with Crippen LogP contribution >= 0.6 is 11.3 Å². The van der Waals surface area contributed by atoms with E-state index in [0.29, 0.717) is 41.8 Å². The van der Waals surface area contributed by atoms with E-state index >= 15 is 0 Å². The minimum Gasteiger partial charge on any atom is -0.491 e. The van der Waals surface area contributed by atoms with Crippen LogP contribution in [0.1, 0.15) is 57.7 Å². The molecule has 2 N–H and O–H groups in total. The molecule has 45 heavy (non-hydrogen) atoms. The Morgan fingerprint density at radius 2 is 1.73 bits per heavy atom. The Labute approximate surface area is 270 Å². The molecule has 0 aliphatic carbocycles. The number of fused-ring (bicyclic) bond motifs is 1. The van der Waals surface area contributed by atoms with E-state index in [1.807, 2.05) is 66.5 Å². The number of nitrogens with zero attached hydrogens (tertiary/aromatic N) is 2. The van der Waals surface area contributed by atoms with E-state index < -0.39 is 0 Å². The van der Waals surface area contributed by atoms with Gasteiger partial charge in [0.05, 0.1) is 18.0 Å². The zero-order valence-corrected chi connectivity index (χ0v) is 26.8. The first-order valence-corrected chi connectivity index (χ1v) is 17.0. The van der Waals surface area contributed by atoms with Gasteiger partial charge in [-0.25, -0.2) is 0 Å². The van der Waals surface area contributed by atoms with Crippen molar-refractivity contribution in [1.29, 1.82) is 0 Å². The lowest BCUT2D eigenvalue weighted by Gasteiger charge is -2.31. The van der Waals surface area contributed by atoms with Gasteiger partial charge in [-0.15, -0.1) is 11.3 Å². The first kappa shape index (κ1) is 31.0. The van der Waals surface area contributed by atoms with Crippen molar-refractivity contribution in [2.45, 2.75) is 44.6 Å². The second-order valence-electron chi connectivity index (χ2n) is 11.8. The molecular weight excluding hydrogens is 580 g/mol. The van der Waals surface area contributed by atoms with Crippen molar-refractivity contribution in [3.05, 3.63) is 100 Å². The number of benzene rings is 3. The van der Waals surface area contributed by atoms with E-state index in [4.69, 9.17) is 4.74 Å². The summed E-state index contributed by atoms with van der Waals surface area (Å²) >= 11 is 1.72. The molecule has 2 aliphatic heterocycles. The molecule has 1 aromatic heterocycles. The molecule has 2 amide bonds. The second kappa shape index (κ2) is 14.9. The Hall–Kier alpha value is -3.98. The lowest BCUT2D eigenvalue weighted by atomic mass is 9.99. The highest BCUT2D eigenvalue weighted by Gasteiger charge is 2.25. The van der Waals surface area contributed by atoms with Crippen LogP contribution in [0.15, 0.2) is 84.2 Å². The third-order valence-electron chi connectivity index (χ3n) is 8.90. The van der Waals surface area contributed by atoms with Gasteiger partial charge in [-0.1, -0.05) is 48.5 Å². The number of ether oxygens (including phenoxy) is 1. The first-order valence-electron chi connectivity index (χ1n) is 16.1. The number of carbonyl (C=O) groups is 2. The van der Waals surface area contributed by atoms with Crippen molar-refractivity contribution < 1.29 is 14.3 Å². The van der Waals surface area contributed by atoms with Crippen LogP contribution < -0.4 is 20.3 Å². The fourth-order valence-electron chi connectivity index (χ4n) is 6.34. The van der Waals surface area contributed by atoms with Crippen LogP contribution in [0.25, 0.3) is 11.1 Å². The average Bonchev–Trinajstić information content (AvgIpc) is 3.46. The molecular formula is C37H42N4O3S. The van der Waals surface area contributed by atoms with Crippen molar-refractivity contribution in [1.82, 2.24) is 10.2 Å². The number of anilines is 2. The molecule has 0 atom stereocenters. The summed E-state index contributed by atoms with van der Waals surface area (Å²) in [7, 11) is 2.04. The van der Waals surface area contributed by atoms with Gasteiger partial charge in [0.2, 0.25) is 0 Å². The molecule has 3 aromatic carbocycles. The number of amides is 2. The number of piperidine rings is 1. The molecule has 4 aromatic rings. The van der Waals surface area contributed by atoms with E-state index in [1.165, 1.54) is 4.88 Å². The molecule has 0 radical (unpaired) electrons. The van der Waals surface area contributed by atoms with E-state index in [9.17, 15) is 9.59 Å². The highest BCUT2D eigenvalue weighted by Crippen LogP contribution is 2.34. The molecule has 2 aliphatic rings. The zero-order chi connectivity index (χ0) is 31.0. The fourth-order valence-corrected chi connectivity index (χ4v) is 7.26. The number of nitrogens with one attached hydrogen (secondary N) is 2. The second-order valence-corrected chi connectivity index (χ2v) is 12.8. The zero-order valence-electron chi connectivity index (χ0n) is 26.0. The molecule has 6 rings (SSSR count). The maximum atomic E-state index is 13.9. The highest BCUT2D eigenvalue weighted by atomic mass is 32.1. The lowest BCUT2D eigenvalue weighted by molar-refractivity contribution is 0.0985. The van der Waals surface area contributed by atoms with Crippen LogP contribution in [0.3, 0.4) is 0 Å². The Kier molecular flexibility index (Phi) is 10.2. The quantitative estimate of drug-likeness (QED) is 0.185.